The van der Waals surface area contributed by atoms with Gasteiger partial charge in [0.05, 0.1) is 6.07 Å². The normalized spacial score (nSPS) is 25.0. The van der Waals surface area contributed by atoms with Gasteiger partial charge in [-0.15, -0.1) is 10.2 Å². The number of hydrogen-bond acceptors (Lipinski definition) is 7. The van der Waals surface area contributed by atoms with Gasteiger partial charge in [0, 0.05) is 19.8 Å². The smallest absolute Gasteiger partial charge is 0.208 e. The molecule has 1 fully saturated rings. The molecule has 1 aliphatic carbocycles. The molecule has 1 N–H and O–H groups in total. The van der Waals surface area contributed by atoms with Gasteiger partial charge in [0.1, 0.15) is 5.54 Å². The van der Waals surface area contributed by atoms with Gasteiger partial charge in [-0.2, -0.15) is 5.26 Å². The number of thioether (sulfide) groups is 1. The van der Waals surface area contributed by atoms with Crippen LogP contribution in [0.4, 0.5) is 5.13 Å². The summed E-state index contributed by atoms with van der Waals surface area (Å²) in [5, 5.41) is 22.3. The molecule has 2 rings (SSSR count). The van der Waals surface area contributed by atoms with Crippen LogP contribution in [-0.2, 0) is 0 Å². The lowest BCUT2D eigenvalue weighted by atomic mass is 9.86. The van der Waals surface area contributed by atoms with Crippen LogP contribution in [0.15, 0.2) is 4.34 Å². The Hall–Kier alpha value is -0.840. The second-order valence-corrected chi connectivity index (χ2v) is 7.88. The van der Waals surface area contributed by atoms with Crippen LogP contribution in [0.25, 0.3) is 0 Å². The average molecular weight is 326 g/mol. The van der Waals surface area contributed by atoms with Crippen molar-refractivity contribution < 1.29 is 0 Å². The molecule has 0 amide bonds. The number of anilines is 1. The Morgan fingerprint density at radius 3 is 2.95 bits per heavy atom. The van der Waals surface area contributed by atoms with Crippen LogP contribution in [0, 0.1) is 17.2 Å². The summed E-state index contributed by atoms with van der Waals surface area (Å²) in [5.41, 5.74) is -0.300. The first-order valence-corrected chi connectivity index (χ1v) is 9.21. The van der Waals surface area contributed by atoms with Crippen molar-refractivity contribution in [2.24, 2.45) is 5.92 Å². The summed E-state index contributed by atoms with van der Waals surface area (Å²) < 4.78 is 1.02. The molecule has 5 nitrogen and oxygen atoms in total. The molecule has 0 saturated heterocycles. The summed E-state index contributed by atoms with van der Waals surface area (Å²) in [6.07, 6.45) is 4.35. The summed E-state index contributed by atoms with van der Waals surface area (Å²) in [7, 11) is 3.95. The Morgan fingerprint density at radius 1 is 1.52 bits per heavy atom. The van der Waals surface area contributed by atoms with Crippen LogP contribution in [-0.4, -0.2) is 42.1 Å². The van der Waals surface area contributed by atoms with Crippen molar-refractivity contribution in [3.8, 4) is 6.07 Å². The second-order valence-electron chi connectivity index (χ2n) is 5.58. The number of nitrogens with zero attached hydrogens (tertiary/aromatic N) is 4. The fraction of sp³-hybridized carbons (Fsp3) is 0.786. The van der Waals surface area contributed by atoms with E-state index < -0.39 is 0 Å². The van der Waals surface area contributed by atoms with Crippen molar-refractivity contribution in [2.75, 3.05) is 31.3 Å². The molecule has 21 heavy (non-hydrogen) atoms. The van der Waals surface area contributed by atoms with E-state index in [9.17, 15) is 5.26 Å². The van der Waals surface area contributed by atoms with Crippen molar-refractivity contribution in [1.82, 2.24) is 15.5 Å². The highest BCUT2D eigenvalue weighted by molar-refractivity contribution is 8.01. The number of rotatable bonds is 7. The quantitative estimate of drug-likeness (QED) is 0.778. The summed E-state index contributed by atoms with van der Waals surface area (Å²) >= 11 is 3.38. The lowest BCUT2D eigenvalue weighted by Gasteiger charge is -2.29. The molecule has 2 atom stereocenters. The number of hydrogen-bond donors (Lipinski definition) is 1. The maximum Gasteiger partial charge on any atom is 0.208 e. The molecule has 1 saturated carbocycles. The van der Waals surface area contributed by atoms with E-state index in [1.54, 1.807) is 23.1 Å². The largest absolute Gasteiger partial charge is 0.353 e. The Balaban J connectivity index is 1.86. The molecule has 0 radical (unpaired) electrons. The van der Waals surface area contributed by atoms with E-state index in [0.717, 1.165) is 47.5 Å². The number of nitrogens with one attached hydrogen (secondary N) is 1. The van der Waals surface area contributed by atoms with E-state index in [-0.39, 0.29) is 5.54 Å². The van der Waals surface area contributed by atoms with Gasteiger partial charge in [0.15, 0.2) is 4.34 Å². The van der Waals surface area contributed by atoms with Crippen LogP contribution in [0.3, 0.4) is 0 Å². The first-order chi connectivity index (χ1) is 10.1. The first-order valence-electron chi connectivity index (χ1n) is 7.41. The van der Waals surface area contributed by atoms with E-state index in [1.165, 1.54) is 0 Å². The third kappa shape index (κ3) is 3.87. The van der Waals surface area contributed by atoms with Crippen LogP contribution in [0.2, 0.25) is 0 Å². The van der Waals surface area contributed by atoms with Gasteiger partial charge in [-0.3, -0.25) is 5.32 Å². The molecule has 1 aliphatic rings. The van der Waals surface area contributed by atoms with Crippen LogP contribution in [0.5, 0.6) is 0 Å². The fourth-order valence-electron chi connectivity index (χ4n) is 2.93. The molecule has 2 unspecified atom stereocenters. The third-order valence-electron chi connectivity index (χ3n) is 3.98. The molecule has 0 spiro atoms. The number of aromatic nitrogens is 2. The monoisotopic (exact) mass is 325 g/mol. The molecule has 116 valence electrons. The van der Waals surface area contributed by atoms with Crippen molar-refractivity contribution in [3.63, 3.8) is 0 Å². The molecular formula is C14H23N5S2. The van der Waals surface area contributed by atoms with Crippen molar-refractivity contribution in [1.29, 1.82) is 5.26 Å². The summed E-state index contributed by atoms with van der Waals surface area (Å²) in [6.45, 7) is 2.94. The van der Waals surface area contributed by atoms with E-state index in [1.807, 2.05) is 19.0 Å². The summed E-state index contributed by atoms with van der Waals surface area (Å²) in [6, 6.07) is 2.54. The molecule has 1 aromatic rings. The van der Waals surface area contributed by atoms with Gasteiger partial charge in [0.25, 0.3) is 0 Å². The maximum absolute atomic E-state index is 9.55. The standard InChI is InChI=1S/C14H23N5S2/c1-4-16-14(10-15)8-5-6-11(14)7-9-20-13-18-17-12(21-13)19(2)3/h11,16H,4-9H2,1-3H3. The SMILES string of the molecule is CCNC1(C#N)CCCC1CCSc1nnc(N(C)C)s1. The minimum absolute atomic E-state index is 0.300. The average Bonchev–Trinajstić information content (AvgIpc) is 3.08. The maximum atomic E-state index is 9.55. The molecule has 0 bridgehead atoms. The van der Waals surface area contributed by atoms with Crippen LogP contribution < -0.4 is 10.2 Å². The van der Waals surface area contributed by atoms with Gasteiger partial charge in [-0.1, -0.05) is 36.4 Å². The highest BCUT2D eigenvalue weighted by Gasteiger charge is 2.42. The summed E-state index contributed by atoms with van der Waals surface area (Å²) in [4.78, 5) is 1.98. The van der Waals surface area contributed by atoms with Crippen molar-refractivity contribution >= 4 is 28.2 Å². The molecule has 0 aliphatic heterocycles. The first kappa shape index (κ1) is 16.5. The van der Waals surface area contributed by atoms with Gasteiger partial charge in [0.2, 0.25) is 5.13 Å². The van der Waals surface area contributed by atoms with Gasteiger partial charge < -0.3 is 4.90 Å². The minimum Gasteiger partial charge on any atom is -0.353 e. The van der Waals surface area contributed by atoms with Crippen molar-refractivity contribution in [2.45, 2.75) is 42.5 Å². The highest BCUT2D eigenvalue weighted by Crippen LogP contribution is 2.39. The van der Waals surface area contributed by atoms with Crippen LogP contribution >= 0.6 is 23.1 Å². The fourth-order valence-corrected chi connectivity index (χ4v) is 4.82. The van der Waals surface area contributed by atoms with E-state index in [2.05, 4.69) is 28.5 Å². The molecule has 1 heterocycles. The third-order valence-corrected chi connectivity index (χ3v) is 6.24. The van der Waals surface area contributed by atoms with E-state index >= 15 is 0 Å². The zero-order valence-electron chi connectivity index (χ0n) is 12.9. The predicted octanol–water partition coefficient (Wildman–Crippen LogP) is 2.76. The minimum atomic E-state index is -0.300. The van der Waals surface area contributed by atoms with Crippen LogP contribution in [0.1, 0.15) is 32.6 Å². The Bertz CT molecular complexity index is 496. The zero-order valence-corrected chi connectivity index (χ0v) is 14.6. The van der Waals surface area contributed by atoms with Gasteiger partial charge in [-0.25, -0.2) is 0 Å². The lowest BCUT2D eigenvalue weighted by molar-refractivity contribution is 0.317. The van der Waals surface area contributed by atoms with E-state index in [0.29, 0.717) is 5.92 Å². The Morgan fingerprint density at radius 2 is 2.33 bits per heavy atom. The summed E-state index contributed by atoms with van der Waals surface area (Å²) in [5.74, 6) is 1.46. The predicted molar refractivity (Wildman–Crippen MR) is 88.9 cm³/mol. The molecule has 0 aromatic carbocycles. The van der Waals surface area contributed by atoms with Crippen molar-refractivity contribution in [3.05, 3.63) is 0 Å². The molecule has 7 heteroatoms. The molecular weight excluding hydrogens is 302 g/mol. The van der Waals surface area contributed by atoms with E-state index in [4.69, 9.17) is 0 Å². The lowest BCUT2D eigenvalue weighted by Crippen LogP contribution is -2.47. The highest BCUT2D eigenvalue weighted by atomic mass is 32.2. The number of nitriles is 1. The van der Waals surface area contributed by atoms with Gasteiger partial charge in [-0.05, 0) is 31.7 Å². The Kier molecular flexibility index (Phi) is 5.85. The van der Waals surface area contributed by atoms with Gasteiger partial charge >= 0.3 is 0 Å². The zero-order chi connectivity index (χ0) is 15.3. The molecule has 1 aromatic heterocycles. The topological polar surface area (TPSA) is 64.8 Å². The Labute approximate surface area is 135 Å². The second kappa shape index (κ2) is 7.43.